The van der Waals surface area contributed by atoms with Crippen molar-refractivity contribution < 1.29 is 37.4 Å². The summed E-state index contributed by atoms with van der Waals surface area (Å²) in [6.07, 6.45) is 2.48. The van der Waals surface area contributed by atoms with Crippen molar-refractivity contribution in [2.45, 2.75) is 25.2 Å². The summed E-state index contributed by atoms with van der Waals surface area (Å²) in [5.74, 6) is -3.88. The van der Waals surface area contributed by atoms with E-state index in [0.717, 1.165) is 28.1 Å². The fourth-order valence-corrected chi connectivity index (χ4v) is 4.94. The molecule has 0 saturated carbocycles. The minimum absolute atomic E-state index is 0.0625. The number of hydrogen-bond acceptors (Lipinski definition) is 6. The van der Waals surface area contributed by atoms with Crippen molar-refractivity contribution in [1.29, 1.82) is 0 Å². The lowest BCUT2D eigenvalue weighted by Crippen LogP contribution is -2.42. The van der Waals surface area contributed by atoms with E-state index in [1.807, 2.05) is 30.5 Å². The Balaban J connectivity index is 1.57. The molecule has 10 heteroatoms. The summed E-state index contributed by atoms with van der Waals surface area (Å²) in [6, 6.07) is 12.2. The van der Waals surface area contributed by atoms with Gasteiger partial charge < -0.3 is 15.3 Å². The average molecular weight is 522 g/mol. The molecule has 0 fully saturated rings. The second-order valence-corrected chi connectivity index (χ2v) is 9.07. The molecule has 0 saturated heterocycles. The standard InChI is InChI=1S/C28H21F3N2O5/c29-28(30,31)38-21-7-5-15(6-8-21)22-11-19(26(35)27(36)37)13-24(34)25(22)23-12-18-9-16-3-1-2-4-17(16)10-20(18)14-32-33-23/h1-11,14,18,23,32-33H,12-13H2,(H,36,37). The lowest BCUT2D eigenvalue weighted by atomic mass is 9.79. The first-order valence-electron chi connectivity index (χ1n) is 11.7. The van der Waals surface area contributed by atoms with Crippen LogP contribution in [0.2, 0.25) is 0 Å². The lowest BCUT2D eigenvalue weighted by molar-refractivity contribution is -0.274. The molecule has 0 radical (unpaired) electrons. The van der Waals surface area contributed by atoms with Crippen LogP contribution in [0.25, 0.3) is 17.7 Å². The minimum atomic E-state index is -4.87. The third-order valence-electron chi connectivity index (χ3n) is 6.61. The number of allylic oxidation sites excluding steroid dienone is 3. The third-order valence-corrected chi connectivity index (χ3v) is 6.61. The maximum atomic E-state index is 13.4. The number of hydrazine groups is 1. The van der Waals surface area contributed by atoms with Crippen LogP contribution in [0.15, 0.2) is 77.5 Å². The van der Waals surface area contributed by atoms with Gasteiger partial charge in [0.2, 0.25) is 0 Å². The van der Waals surface area contributed by atoms with Gasteiger partial charge in [-0.2, -0.15) is 0 Å². The first kappa shape index (κ1) is 25.2. The summed E-state index contributed by atoms with van der Waals surface area (Å²) >= 11 is 0. The smallest absolute Gasteiger partial charge is 0.475 e. The number of benzene rings is 2. The van der Waals surface area contributed by atoms with Gasteiger partial charge in [-0.1, -0.05) is 42.5 Å². The zero-order valence-electron chi connectivity index (χ0n) is 19.7. The molecule has 7 nitrogen and oxygen atoms in total. The molecule has 2 unspecified atom stereocenters. The largest absolute Gasteiger partial charge is 0.573 e. The summed E-state index contributed by atoms with van der Waals surface area (Å²) in [6.45, 7) is 0. The summed E-state index contributed by atoms with van der Waals surface area (Å²) in [7, 11) is 0. The fraction of sp³-hybridized carbons (Fsp3) is 0.179. The lowest BCUT2D eigenvalue weighted by Gasteiger charge is -2.27. The maximum Gasteiger partial charge on any atom is 0.573 e. The van der Waals surface area contributed by atoms with Crippen molar-refractivity contribution in [3.63, 3.8) is 0 Å². The highest BCUT2D eigenvalue weighted by atomic mass is 19.4. The molecule has 3 aliphatic rings. The van der Waals surface area contributed by atoms with Gasteiger partial charge in [0.05, 0.1) is 6.04 Å². The van der Waals surface area contributed by atoms with Crippen molar-refractivity contribution >= 4 is 35.3 Å². The van der Waals surface area contributed by atoms with Gasteiger partial charge in [0.15, 0.2) is 5.78 Å². The van der Waals surface area contributed by atoms with E-state index in [-0.39, 0.29) is 17.1 Å². The van der Waals surface area contributed by atoms with E-state index in [0.29, 0.717) is 17.6 Å². The van der Waals surface area contributed by atoms with Crippen molar-refractivity contribution in [3.8, 4) is 5.75 Å². The van der Waals surface area contributed by atoms with Crippen molar-refractivity contribution in [2.75, 3.05) is 0 Å². The van der Waals surface area contributed by atoms with E-state index in [1.54, 1.807) is 0 Å². The van der Waals surface area contributed by atoms with E-state index in [1.165, 1.54) is 18.2 Å². The summed E-state index contributed by atoms with van der Waals surface area (Å²) in [5, 5.41) is 11.3. The van der Waals surface area contributed by atoms with E-state index >= 15 is 0 Å². The molecule has 3 N–H and O–H groups in total. The molecule has 0 spiro atoms. The number of halogens is 3. The number of ketones is 2. The minimum Gasteiger partial charge on any atom is -0.475 e. The van der Waals surface area contributed by atoms with Crippen LogP contribution in [0.4, 0.5) is 13.2 Å². The Morgan fingerprint density at radius 2 is 1.71 bits per heavy atom. The number of ether oxygens (including phenoxy) is 1. The molecule has 1 heterocycles. The van der Waals surface area contributed by atoms with Crippen LogP contribution in [0.5, 0.6) is 5.75 Å². The van der Waals surface area contributed by atoms with Crippen molar-refractivity contribution in [2.24, 2.45) is 5.92 Å². The van der Waals surface area contributed by atoms with Gasteiger partial charge in [0, 0.05) is 29.7 Å². The highest BCUT2D eigenvalue weighted by Crippen LogP contribution is 2.36. The van der Waals surface area contributed by atoms with Crippen LogP contribution >= 0.6 is 0 Å². The highest BCUT2D eigenvalue weighted by Gasteiger charge is 2.35. The number of rotatable bonds is 5. The molecule has 2 aromatic rings. The molecule has 2 aromatic carbocycles. The van der Waals surface area contributed by atoms with Crippen LogP contribution < -0.4 is 26.0 Å². The zero-order chi connectivity index (χ0) is 27.0. The predicted molar refractivity (Wildman–Crippen MR) is 131 cm³/mol. The first-order chi connectivity index (χ1) is 18.1. The van der Waals surface area contributed by atoms with E-state index in [4.69, 9.17) is 0 Å². The number of alkyl halides is 3. The van der Waals surface area contributed by atoms with Gasteiger partial charge >= 0.3 is 12.3 Å². The SMILES string of the molecule is O=C(O)C(=O)C1=CC(c2ccc(OC(F)(F)F)cc2)=C(C2CC3C=c4ccccc4=CC3=CNN2)C(=O)C1. The van der Waals surface area contributed by atoms with E-state index in [9.17, 15) is 32.7 Å². The zero-order valence-corrected chi connectivity index (χ0v) is 19.7. The molecule has 0 amide bonds. The van der Waals surface area contributed by atoms with E-state index in [2.05, 4.69) is 27.7 Å². The van der Waals surface area contributed by atoms with E-state index < -0.39 is 42.1 Å². The molecule has 1 aliphatic heterocycles. The molecule has 194 valence electrons. The Hall–Kier alpha value is -4.44. The topological polar surface area (TPSA) is 105 Å². The Bertz CT molecular complexity index is 1550. The normalized spacial score (nSPS) is 20.9. The average Bonchev–Trinajstić information content (AvgIpc) is 3.07. The number of carbonyl (C=O) groups is 3. The van der Waals surface area contributed by atoms with Crippen molar-refractivity contribution in [1.82, 2.24) is 10.9 Å². The molecule has 0 bridgehead atoms. The fourth-order valence-electron chi connectivity index (χ4n) is 4.94. The molecular formula is C28H21F3N2O5. The Kier molecular flexibility index (Phi) is 6.50. The number of hydrogen-bond donors (Lipinski definition) is 3. The summed E-state index contributed by atoms with van der Waals surface area (Å²) in [4.78, 5) is 37.0. The number of aliphatic carboxylic acids is 1. The maximum absolute atomic E-state index is 13.4. The molecule has 38 heavy (non-hydrogen) atoms. The number of carbonyl (C=O) groups excluding carboxylic acids is 2. The third kappa shape index (κ3) is 5.16. The van der Waals surface area contributed by atoms with Gasteiger partial charge in [-0.05, 0) is 57.9 Å². The van der Waals surface area contributed by atoms with Gasteiger partial charge in [-0.25, -0.2) is 10.2 Å². The number of Topliss-reactive ketones (excluding diaryl/α,β-unsaturated/α-hetero) is 2. The summed E-state index contributed by atoms with van der Waals surface area (Å²) < 4.78 is 41.8. The molecule has 2 atom stereocenters. The van der Waals surface area contributed by atoms with Crippen LogP contribution in [0.3, 0.4) is 0 Å². The molecule has 5 rings (SSSR count). The van der Waals surface area contributed by atoms with Crippen LogP contribution in [-0.2, 0) is 14.4 Å². The van der Waals surface area contributed by atoms with Crippen LogP contribution in [0, 0.1) is 5.92 Å². The summed E-state index contributed by atoms with van der Waals surface area (Å²) in [5.41, 5.74) is 7.83. The second-order valence-electron chi connectivity index (χ2n) is 9.07. The number of carboxylic acid groups (broad SMARTS) is 1. The quantitative estimate of drug-likeness (QED) is 0.519. The monoisotopic (exact) mass is 522 g/mol. The van der Waals surface area contributed by atoms with Crippen LogP contribution in [0.1, 0.15) is 18.4 Å². The molecule has 2 aliphatic carbocycles. The number of fused-ring (bicyclic) bond motifs is 2. The highest BCUT2D eigenvalue weighted by molar-refractivity contribution is 6.41. The van der Waals surface area contributed by atoms with Gasteiger partial charge in [0.25, 0.3) is 5.78 Å². The van der Waals surface area contributed by atoms with Crippen molar-refractivity contribution in [3.05, 3.63) is 93.5 Å². The van der Waals surface area contributed by atoms with Gasteiger partial charge in [-0.15, -0.1) is 13.2 Å². The predicted octanol–water partition coefficient (Wildman–Crippen LogP) is 2.53. The van der Waals surface area contributed by atoms with Crippen LogP contribution in [-0.4, -0.2) is 35.0 Å². The van der Waals surface area contributed by atoms with Gasteiger partial charge in [0.1, 0.15) is 5.75 Å². The second kappa shape index (κ2) is 9.79. The molecular weight excluding hydrogens is 501 g/mol. The number of nitrogens with one attached hydrogen (secondary N) is 2. The molecule has 0 aromatic heterocycles. The Morgan fingerprint density at radius 1 is 1.00 bits per heavy atom. The van der Waals surface area contributed by atoms with Gasteiger partial charge in [-0.3, -0.25) is 9.59 Å². The first-order valence-corrected chi connectivity index (χ1v) is 11.7. The Labute approximate surface area is 214 Å². The Morgan fingerprint density at radius 3 is 2.39 bits per heavy atom. The number of carboxylic acids is 1.